The highest BCUT2D eigenvalue weighted by molar-refractivity contribution is 5.44. The second-order valence-corrected chi connectivity index (χ2v) is 6.71. The maximum Gasteiger partial charge on any atom is 0.227 e. The Morgan fingerprint density at radius 2 is 1.57 bits per heavy atom. The first kappa shape index (κ1) is 15.1. The predicted octanol–water partition coefficient (Wildman–Crippen LogP) is 2.20. The van der Waals surface area contributed by atoms with Crippen LogP contribution in [0.3, 0.4) is 0 Å². The summed E-state index contributed by atoms with van der Waals surface area (Å²) < 4.78 is 11.6. The molecule has 4 rings (SSSR count). The first-order chi connectivity index (χ1) is 11.3. The van der Waals surface area contributed by atoms with Crippen molar-refractivity contribution < 1.29 is 9.47 Å². The number of hydrogen-bond acceptors (Lipinski definition) is 6. The van der Waals surface area contributed by atoms with Gasteiger partial charge in [-0.25, -0.2) is 4.98 Å². The molecule has 1 aromatic rings. The Kier molecular flexibility index (Phi) is 4.35. The van der Waals surface area contributed by atoms with Gasteiger partial charge in [-0.3, -0.25) is 0 Å². The molecule has 0 unspecified atom stereocenters. The van der Waals surface area contributed by atoms with Crippen molar-refractivity contribution in [3.63, 3.8) is 0 Å². The number of anilines is 2. The van der Waals surface area contributed by atoms with Gasteiger partial charge in [0.1, 0.15) is 5.82 Å². The topological polar surface area (TPSA) is 50.7 Å². The van der Waals surface area contributed by atoms with Crippen molar-refractivity contribution in [2.45, 2.75) is 44.3 Å². The summed E-state index contributed by atoms with van der Waals surface area (Å²) in [6.45, 7) is 5.47. The molecule has 0 aliphatic carbocycles. The minimum atomic E-state index is -0.322. The molecule has 0 N–H and O–H groups in total. The highest BCUT2D eigenvalue weighted by Gasteiger charge is 2.40. The molecule has 3 aliphatic heterocycles. The lowest BCUT2D eigenvalue weighted by Gasteiger charge is -2.38. The lowest BCUT2D eigenvalue weighted by molar-refractivity contribution is -0.169. The fourth-order valence-electron chi connectivity index (χ4n) is 3.80. The second-order valence-electron chi connectivity index (χ2n) is 6.71. The molecule has 126 valence electrons. The summed E-state index contributed by atoms with van der Waals surface area (Å²) in [5.41, 5.74) is 0. The van der Waals surface area contributed by atoms with E-state index in [2.05, 4.69) is 14.8 Å². The van der Waals surface area contributed by atoms with Crippen molar-refractivity contribution in [3.8, 4) is 0 Å². The summed E-state index contributed by atoms with van der Waals surface area (Å²) in [5, 5.41) is 0. The van der Waals surface area contributed by atoms with Crippen molar-refractivity contribution in [3.05, 3.63) is 12.3 Å². The van der Waals surface area contributed by atoms with Crippen LogP contribution in [0.1, 0.15) is 38.5 Å². The van der Waals surface area contributed by atoms with Crippen LogP contribution in [0, 0.1) is 0 Å². The molecule has 3 fully saturated rings. The van der Waals surface area contributed by atoms with Crippen LogP contribution in [-0.2, 0) is 9.47 Å². The molecule has 1 spiro atoms. The lowest BCUT2D eigenvalue weighted by atomic mass is 10.0. The Morgan fingerprint density at radius 3 is 2.26 bits per heavy atom. The highest BCUT2D eigenvalue weighted by Crippen LogP contribution is 2.33. The Hall–Kier alpha value is -1.40. The van der Waals surface area contributed by atoms with E-state index in [0.717, 1.165) is 64.0 Å². The molecule has 6 nitrogen and oxygen atoms in total. The van der Waals surface area contributed by atoms with Crippen LogP contribution in [0.25, 0.3) is 0 Å². The van der Waals surface area contributed by atoms with E-state index in [1.165, 1.54) is 25.7 Å². The molecule has 0 bridgehead atoms. The van der Waals surface area contributed by atoms with E-state index >= 15 is 0 Å². The summed E-state index contributed by atoms with van der Waals surface area (Å²) in [6, 6.07) is 2.02. The Balaban J connectivity index is 1.44. The zero-order chi connectivity index (χ0) is 15.5. The van der Waals surface area contributed by atoms with Gasteiger partial charge in [-0.15, -0.1) is 0 Å². The molecule has 0 saturated carbocycles. The summed E-state index contributed by atoms with van der Waals surface area (Å²) in [7, 11) is 0. The maximum atomic E-state index is 5.81. The average molecular weight is 318 g/mol. The van der Waals surface area contributed by atoms with Crippen LogP contribution in [0.15, 0.2) is 12.3 Å². The SMILES string of the molecule is c1cc(N2CCC3(CC2)OCCO3)nc(N2CCCCCC2)n1. The third kappa shape index (κ3) is 3.28. The number of aromatic nitrogens is 2. The van der Waals surface area contributed by atoms with Gasteiger partial charge in [0.15, 0.2) is 5.79 Å². The lowest BCUT2D eigenvalue weighted by Crippen LogP contribution is -2.45. The van der Waals surface area contributed by atoms with E-state index in [9.17, 15) is 0 Å². The number of ether oxygens (including phenoxy) is 2. The summed E-state index contributed by atoms with van der Waals surface area (Å²) in [6.07, 6.45) is 8.86. The van der Waals surface area contributed by atoms with Crippen molar-refractivity contribution in [2.75, 3.05) is 49.2 Å². The van der Waals surface area contributed by atoms with Gasteiger partial charge in [0, 0.05) is 45.2 Å². The van der Waals surface area contributed by atoms with E-state index in [-0.39, 0.29) is 5.79 Å². The van der Waals surface area contributed by atoms with Gasteiger partial charge in [0.05, 0.1) is 13.2 Å². The molecular formula is C17H26N4O2. The molecule has 0 aromatic carbocycles. The summed E-state index contributed by atoms with van der Waals surface area (Å²) in [4.78, 5) is 14.0. The second kappa shape index (κ2) is 6.61. The Morgan fingerprint density at radius 1 is 0.870 bits per heavy atom. The molecule has 3 aliphatic rings. The zero-order valence-electron chi connectivity index (χ0n) is 13.7. The molecule has 0 amide bonds. The zero-order valence-corrected chi connectivity index (χ0v) is 13.7. The fraction of sp³-hybridized carbons (Fsp3) is 0.765. The van der Waals surface area contributed by atoms with Crippen molar-refractivity contribution in [1.29, 1.82) is 0 Å². The van der Waals surface area contributed by atoms with Gasteiger partial charge in [-0.2, -0.15) is 4.98 Å². The van der Waals surface area contributed by atoms with Gasteiger partial charge in [0.25, 0.3) is 0 Å². The largest absolute Gasteiger partial charge is 0.356 e. The van der Waals surface area contributed by atoms with Gasteiger partial charge in [-0.05, 0) is 18.9 Å². The molecule has 1 aromatic heterocycles. The molecule has 23 heavy (non-hydrogen) atoms. The van der Waals surface area contributed by atoms with Crippen LogP contribution in [0.2, 0.25) is 0 Å². The standard InChI is InChI=1S/C17H26N4O2/c1-2-4-10-21(9-3-1)16-18-8-5-15(19-16)20-11-6-17(7-12-20)22-13-14-23-17/h5,8H,1-4,6-7,9-14H2. The maximum absolute atomic E-state index is 5.81. The fourth-order valence-corrected chi connectivity index (χ4v) is 3.80. The van der Waals surface area contributed by atoms with E-state index in [0.29, 0.717) is 0 Å². The first-order valence-electron chi connectivity index (χ1n) is 8.96. The van der Waals surface area contributed by atoms with E-state index in [1.54, 1.807) is 0 Å². The molecule has 3 saturated heterocycles. The normalized spacial score (nSPS) is 24.9. The van der Waals surface area contributed by atoms with Crippen LogP contribution in [0.5, 0.6) is 0 Å². The van der Waals surface area contributed by atoms with Crippen molar-refractivity contribution >= 4 is 11.8 Å². The van der Waals surface area contributed by atoms with Crippen LogP contribution in [-0.4, -0.2) is 55.1 Å². The third-order valence-corrected chi connectivity index (χ3v) is 5.18. The van der Waals surface area contributed by atoms with Crippen LogP contribution >= 0.6 is 0 Å². The number of hydrogen-bond donors (Lipinski definition) is 0. The van der Waals surface area contributed by atoms with Crippen molar-refractivity contribution in [2.24, 2.45) is 0 Å². The number of piperidine rings is 1. The van der Waals surface area contributed by atoms with Crippen molar-refractivity contribution in [1.82, 2.24) is 9.97 Å². The molecule has 0 radical (unpaired) electrons. The minimum absolute atomic E-state index is 0.322. The average Bonchev–Trinajstić information content (AvgIpc) is 2.88. The van der Waals surface area contributed by atoms with Gasteiger partial charge in [0.2, 0.25) is 5.95 Å². The van der Waals surface area contributed by atoms with Gasteiger partial charge < -0.3 is 19.3 Å². The van der Waals surface area contributed by atoms with Crippen LogP contribution < -0.4 is 9.80 Å². The number of nitrogens with zero attached hydrogens (tertiary/aromatic N) is 4. The predicted molar refractivity (Wildman–Crippen MR) is 88.8 cm³/mol. The quantitative estimate of drug-likeness (QED) is 0.833. The minimum Gasteiger partial charge on any atom is -0.356 e. The van der Waals surface area contributed by atoms with E-state index in [1.807, 2.05) is 12.3 Å². The van der Waals surface area contributed by atoms with E-state index in [4.69, 9.17) is 14.5 Å². The Labute approximate surface area is 137 Å². The Bertz CT molecular complexity index is 515. The summed E-state index contributed by atoms with van der Waals surface area (Å²) >= 11 is 0. The smallest absolute Gasteiger partial charge is 0.227 e. The summed E-state index contributed by atoms with van der Waals surface area (Å²) in [5.74, 6) is 1.60. The highest BCUT2D eigenvalue weighted by atomic mass is 16.7. The van der Waals surface area contributed by atoms with Gasteiger partial charge >= 0.3 is 0 Å². The van der Waals surface area contributed by atoms with E-state index < -0.39 is 0 Å². The first-order valence-corrected chi connectivity index (χ1v) is 8.96. The number of rotatable bonds is 2. The molecule has 6 heteroatoms. The molecular weight excluding hydrogens is 292 g/mol. The monoisotopic (exact) mass is 318 g/mol. The van der Waals surface area contributed by atoms with Gasteiger partial charge in [-0.1, -0.05) is 12.8 Å². The molecule has 4 heterocycles. The van der Waals surface area contributed by atoms with Crippen LogP contribution in [0.4, 0.5) is 11.8 Å². The third-order valence-electron chi connectivity index (χ3n) is 5.18. The molecule has 0 atom stereocenters.